The molecule has 10 heteroatoms. The van der Waals surface area contributed by atoms with Crippen LogP contribution in [0, 0.1) is 0 Å². The molecule has 0 radical (unpaired) electrons. The number of hydrogen-bond donors (Lipinski definition) is 4. The quantitative estimate of drug-likeness (QED) is 0.484. The molecule has 0 bridgehead atoms. The summed E-state index contributed by atoms with van der Waals surface area (Å²) >= 11 is 0. The Bertz CT molecular complexity index is 978. The molecule has 3 aromatic rings. The fourth-order valence-corrected chi connectivity index (χ4v) is 3.24. The molecule has 2 aromatic heterocycles. The Labute approximate surface area is 160 Å². The molecule has 0 aliphatic carbocycles. The Kier molecular flexibility index (Phi) is 4.99. The van der Waals surface area contributed by atoms with Gasteiger partial charge < -0.3 is 30.1 Å². The average molecular weight is 387 g/mol. The van der Waals surface area contributed by atoms with Crippen molar-refractivity contribution in [2.45, 2.75) is 31.4 Å². The number of aromatic nitrogens is 4. The highest BCUT2D eigenvalue weighted by Crippen LogP contribution is 2.32. The van der Waals surface area contributed by atoms with Crippen molar-refractivity contribution in [1.82, 2.24) is 19.5 Å². The lowest BCUT2D eigenvalue weighted by Crippen LogP contribution is -2.24. The van der Waals surface area contributed by atoms with Gasteiger partial charge in [0.2, 0.25) is 0 Å². The average Bonchev–Trinajstić information content (AvgIpc) is 3.30. The Balaban J connectivity index is 1.55. The van der Waals surface area contributed by atoms with Crippen LogP contribution in [-0.2, 0) is 11.3 Å². The predicted molar refractivity (Wildman–Crippen MR) is 98.9 cm³/mol. The molecule has 1 aliphatic heterocycles. The number of anilines is 1. The lowest BCUT2D eigenvalue weighted by Gasteiger charge is -2.13. The molecule has 1 aliphatic rings. The lowest BCUT2D eigenvalue weighted by atomic mass is 10.2. The topological polar surface area (TPSA) is 135 Å². The summed E-state index contributed by atoms with van der Waals surface area (Å²) in [7, 11) is 1.54. The van der Waals surface area contributed by atoms with Crippen LogP contribution in [0.25, 0.3) is 11.2 Å². The van der Waals surface area contributed by atoms with E-state index in [0.717, 1.165) is 0 Å². The molecule has 4 rings (SSSR count). The van der Waals surface area contributed by atoms with Gasteiger partial charge in [-0.25, -0.2) is 15.0 Å². The van der Waals surface area contributed by atoms with Crippen molar-refractivity contribution in [1.29, 1.82) is 0 Å². The number of aromatic hydroxyl groups is 1. The first kappa shape index (κ1) is 18.4. The van der Waals surface area contributed by atoms with E-state index in [1.54, 1.807) is 29.1 Å². The third-order valence-electron chi connectivity index (χ3n) is 4.79. The van der Waals surface area contributed by atoms with Crippen LogP contribution in [0.15, 0.2) is 30.9 Å². The largest absolute Gasteiger partial charge is 0.507 e. The van der Waals surface area contributed by atoms with Crippen LogP contribution >= 0.6 is 0 Å². The van der Waals surface area contributed by atoms with Crippen molar-refractivity contribution in [3.63, 3.8) is 0 Å². The van der Waals surface area contributed by atoms with Crippen molar-refractivity contribution >= 4 is 17.0 Å². The summed E-state index contributed by atoms with van der Waals surface area (Å²) < 4.78 is 12.5. The van der Waals surface area contributed by atoms with E-state index in [2.05, 4.69) is 20.3 Å². The number of hydrogen-bond acceptors (Lipinski definition) is 9. The lowest BCUT2D eigenvalue weighted by molar-refractivity contribution is -0.0432. The van der Waals surface area contributed by atoms with E-state index in [4.69, 9.17) is 9.47 Å². The highest BCUT2D eigenvalue weighted by molar-refractivity contribution is 5.82. The number of aliphatic hydroxyl groups excluding tert-OH is 2. The first-order valence-corrected chi connectivity index (χ1v) is 8.82. The number of phenols is 1. The maximum absolute atomic E-state index is 10.1. The van der Waals surface area contributed by atoms with Crippen LogP contribution in [0.2, 0.25) is 0 Å². The van der Waals surface area contributed by atoms with Crippen molar-refractivity contribution in [2.24, 2.45) is 0 Å². The van der Waals surface area contributed by atoms with Crippen LogP contribution in [0.5, 0.6) is 11.5 Å². The van der Waals surface area contributed by atoms with E-state index >= 15 is 0 Å². The van der Waals surface area contributed by atoms with Crippen LogP contribution in [-0.4, -0.2) is 60.8 Å². The molecule has 148 valence electrons. The number of aliphatic hydroxyl groups is 2. The normalized spacial score (nSPS) is 21.9. The van der Waals surface area contributed by atoms with Crippen LogP contribution in [0.4, 0.5) is 5.82 Å². The van der Waals surface area contributed by atoms with Gasteiger partial charge in [-0.05, 0) is 12.1 Å². The molecule has 0 saturated carbocycles. The first-order chi connectivity index (χ1) is 13.6. The molecule has 3 heterocycles. The van der Waals surface area contributed by atoms with Crippen LogP contribution < -0.4 is 10.1 Å². The number of fused-ring (bicyclic) bond motifs is 1. The number of phenolic OH excluding ortho intramolecular Hbond substituents is 1. The van der Waals surface area contributed by atoms with Gasteiger partial charge in [0.1, 0.15) is 30.2 Å². The smallest absolute Gasteiger partial charge is 0.167 e. The highest BCUT2D eigenvalue weighted by Gasteiger charge is 2.35. The molecule has 28 heavy (non-hydrogen) atoms. The molecule has 1 aromatic carbocycles. The minimum absolute atomic E-state index is 0.117. The second-order valence-corrected chi connectivity index (χ2v) is 6.51. The molecule has 1 unspecified atom stereocenters. The van der Waals surface area contributed by atoms with Gasteiger partial charge in [-0.15, -0.1) is 0 Å². The molecule has 1 saturated heterocycles. The maximum Gasteiger partial charge on any atom is 0.167 e. The minimum Gasteiger partial charge on any atom is -0.507 e. The first-order valence-electron chi connectivity index (χ1n) is 8.82. The summed E-state index contributed by atoms with van der Waals surface area (Å²) in [6, 6.07) is 5.07. The molecule has 3 atom stereocenters. The van der Waals surface area contributed by atoms with Crippen molar-refractivity contribution in [3.05, 3.63) is 36.4 Å². The number of ether oxygens (including phenoxy) is 2. The fraction of sp³-hybridized carbons (Fsp3) is 0.389. The zero-order chi connectivity index (χ0) is 19.7. The van der Waals surface area contributed by atoms with Gasteiger partial charge in [0.25, 0.3) is 0 Å². The van der Waals surface area contributed by atoms with Gasteiger partial charge in [0.15, 0.2) is 17.0 Å². The number of benzene rings is 1. The summed E-state index contributed by atoms with van der Waals surface area (Å²) in [6.45, 7) is 0.0808. The Hall–Kier alpha value is -2.95. The Morgan fingerprint density at radius 1 is 1.32 bits per heavy atom. The zero-order valence-corrected chi connectivity index (χ0v) is 15.2. The molecular weight excluding hydrogens is 366 g/mol. The molecule has 0 spiro atoms. The van der Waals surface area contributed by atoms with E-state index in [1.165, 1.54) is 13.4 Å². The fourth-order valence-electron chi connectivity index (χ4n) is 3.24. The van der Waals surface area contributed by atoms with E-state index in [-0.39, 0.29) is 12.4 Å². The van der Waals surface area contributed by atoms with E-state index in [9.17, 15) is 15.3 Å². The van der Waals surface area contributed by atoms with Crippen molar-refractivity contribution in [3.8, 4) is 11.5 Å². The third kappa shape index (κ3) is 3.33. The summed E-state index contributed by atoms with van der Waals surface area (Å²) in [6.07, 6.45) is 1.48. The van der Waals surface area contributed by atoms with Crippen molar-refractivity contribution < 1.29 is 24.8 Å². The Morgan fingerprint density at radius 2 is 2.18 bits per heavy atom. The molecule has 4 N–H and O–H groups in total. The summed E-state index contributed by atoms with van der Waals surface area (Å²) in [4.78, 5) is 12.9. The number of nitrogens with one attached hydrogen (secondary N) is 1. The maximum atomic E-state index is 10.1. The standard InChI is InChI=1S/C18H21N5O5/c1-27-11-3-2-10(12(25)4-11)6-19-17-16-18(21-8-20-17)23(9-22-16)15-5-13(26)14(7-24)28-15/h2-4,8-9,13-15,24-26H,5-7H2,1H3,(H,19,20,21)/t13-,14+,15?/m0/s1. The van der Waals surface area contributed by atoms with Gasteiger partial charge in [0.05, 0.1) is 26.1 Å². The Morgan fingerprint density at radius 3 is 2.89 bits per heavy atom. The van der Waals surface area contributed by atoms with E-state index < -0.39 is 18.4 Å². The van der Waals surface area contributed by atoms with Crippen molar-refractivity contribution in [2.75, 3.05) is 19.0 Å². The summed E-state index contributed by atoms with van der Waals surface area (Å²) in [5.41, 5.74) is 1.77. The van der Waals surface area contributed by atoms with E-state index in [0.29, 0.717) is 41.3 Å². The second-order valence-electron chi connectivity index (χ2n) is 6.51. The molecular formula is C18H21N5O5. The predicted octanol–water partition coefficient (Wildman–Crippen LogP) is 0.793. The number of methoxy groups -OCH3 is 1. The number of nitrogens with zero attached hydrogens (tertiary/aromatic N) is 4. The molecule has 1 fully saturated rings. The van der Waals surface area contributed by atoms with E-state index in [1.807, 2.05) is 0 Å². The second kappa shape index (κ2) is 7.58. The van der Waals surface area contributed by atoms with Crippen LogP contribution in [0.3, 0.4) is 0 Å². The van der Waals surface area contributed by atoms with Gasteiger partial charge in [-0.3, -0.25) is 4.57 Å². The van der Waals surface area contributed by atoms with Crippen LogP contribution in [0.1, 0.15) is 18.2 Å². The molecule has 0 amide bonds. The number of imidazole rings is 1. The third-order valence-corrected chi connectivity index (χ3v) is 4.79. The number of rotatable bonds is 6. The van der Waals surface area contributed by atoms with Gasteiger partial charge in [-0.1, -0.05) is 0 Å². The van der Waals surface area contributed by atoms with Gasteiger partial charge in [0, 0.05) is 24.6 Å². The monoisotopic (exact) mass is 387 g/mol. The minimum atomic E-state index is -0.745. The molecule has 10 nitrogen and oxygen atoms in total. The SMILES string of the molecule is COc1ccc(CNc2ncnc3c2ncn3C2C[C@H](O)[C@@H](CO)O2)c(O)c1. The zero-order valence-electron chi connectivity index (χ0n) is 15.2. The summed E-state index contributed by atoms with van der Waals surface area (Å²) in [5.74, 6) is 1.20. The highest BCUT2D eigenvalue weighted by atomic mass is 16.5. The van der Waals surface area contributed by atoms with Gasteiger partial charge in [-0.2, -0.15) is 0 Å². The summed E-state index contributed by atoms with van der Waals surface area (Å²) in [5, 5.41) is 32.5. The van der Waals surface area contributed by atoms with Gasteiger partial charge >= 0.3 is 0 Å².